The van der Waals surface area contributed by atoms with Gasteiger partial charge in [-0.25, -0.2) is 24.3 Å². The van der Waals surface area contributed by atoms with Gasteiger partial charge in [0.25, 0.3) is 12.9 Å². The molecule has 4 saturated heterocycles. The quantitative estimate of drug-likeness (QED) is 0.0318. The minimum Gasteiger partial charge on any atom is -0.491 e. The zero-order valence-corrected chi connectivity index (χ0v) is 73.5. The van der Waals surface area contributed by atoms with Crippen LogP contribution in [0, 0.1) is 24.6 Å². The molecule has 0 radical (unpaired) electrons. The smallest absolute Gasteiger partial charge is 0.309 e. The van der Waals surface area contributed by atoms with E-state index in [9.17, 15) is 14.0 Å². The molecule has 20 nitrogen and oxygen atoms in total. The van der Waals surface area contributed by atoms with Crippen LogP contribution in [0.1, 0.15) is 120 Å². The van der Waals surface area contributed by atoms with Crippen molar-refractivity contribution in [3.63, 3.8) is 0 Å². The second kappa shape index (κ2) is 44.3. The first-order valence-corrected chi connectivity index (χ1v) is 44.9. The van der Waals surface area contributed by atoms with Crippen molar-refractivity contribution in [3.8, 4) is 107 Å². The van der Waals surface area contributed by atoms with Crippen LogP contribution in [0.3, 0.4) is 0 Å². The molecule has 4 N–H and O–H groups in total. The third kappa shape index (κ3) is 26.1. The van der Waals surface area contributed by atoms with Gasteiger partial charge in [-0.15, -0.1) is 45.3 Å². The summed E-state index contributed by atoms with van der Waals surface area (Å²) >= 11 is 6.64. The summed E-state index contributed by atoms with van der Waals surface area (Å²) in [4.78, 5) is 70.7. The Balaban J connectivity index is 0.000000145. The van der Waals surface area contributed by atoms with E-state index in [1.165, 1.54) is 142 Å². The molecular weight excluding hydrogens is 1620 g/mol. The van der Waals surface area contributed by atoms with Crippen molar-refractivity contribution in [1.82, 2.24) is 39.5 Å². The van der Waals surface area contributed by atoms with Crippen molar-refractivity contribution < 1.29 is 62.9 Å². The summed E-state index contributed by atoms with van der Waals surface area (Å²) in [5.41, 5.74) is 16.3. The Kier molecular flexibility index (Phi) is 32.8. The molecule has 8 aromatic carbocycles. The number of ether oxygens (including phenoxy) is 4. The van der Waals surface area contributed by atoms with Crippen molar-refractivity contribution in [1.29, 1.82) is 0 Å². The van der Waals surface area contributed by atoms with E-state index in [4.69, 9.17) is 53.9 Å². The maximum absolute atomic E-state index is 14.7. The van der Waals surface area contributed by atoms with Crippen molar-refractivity contribution in [2.24, 2.45) is 11.8 Å². The van der Waals surface area contributed by atoms with Gasteiger partial charge in [-0.3, -0.25) is 38.8 Å². The highest BCUT2D eigenvalue weighted by molar-refractivity contribution is 7.19. The zero-order valence-electron chi connectivity index (χ0n) is 70.2. The van der Waals surface area contributed by atoms with E-state index in [1.807, 2.05) is 132 Å². The van der Waals surface area contributed by atoms with Gasteiger partial charge >= 0.3 is 11.9 Å². The lowest BCUT2D eigenvalue weighted by Crippen LogP contribution is -2.49. The van der Waals surface area contributed by atoms with E-state index in [2.05, 4.69) is 141 Å². The molecule has 25 heteroatoms. The maximum Gasteiger partial charge on any atom is 0.309 e. The van der Waals surface area contributed by atoms with E-state index in [0.29, 0.717) is 49.4 Å². The molecule has 0 unspecified atom stereocenters. The maximum atomic E-state index is 14.7. The van der Waals surface area contributed by atoms with Gasteiger partial charge in [-0.1, -0.05) is 74.0 Å². The molecule has 1 aliphatic carbocycles. The fourth-order valence-electron chi connectivity index (χ4n) is 14.1. The van der Waals surface area contributed by atoms with Crippen LogP contribution in [-0.2, 0) is 51.8 Å². The van der Waals surface area contributed by atoms with Gasteiger partial charge in [-0.05, 0) is 284 Å². The average molecular weight is 1720 g/mol. The molecule has 0 amide bonds. The van der Waals surface area contributed by atoms with Crippen LogP contribution >= 0.6 is 45.3 Å². The number of halogens is 1. The highest BCUT2D eigenvalue weighted by Crippen LogP contribution is 2.40. The van der Waals surface area contributed by atoms with Gasteiger partial charge < -0.3 is 39.4 Å². The Bertz CT molecular complexity index is 5340. The summed E-state index contributed by atoms with van der Waals surface area (Å²) in [5, 5.41) is 35.5. The van der Waals surface area contributed by atoms with Crippen molar-refractivity contribution in [2.75, 3.05) is 52.4 Å². The minimum atomic E-state index is -0.769. The molecule has 17 rings (SSSR count). The lowest BCUT2D eigenvalue weighted by atomic mass is 9.98. The monoisotopic (exact) mass is 1720 g/mol. The molecule has 12 aromatic rings. The number of rotatable bonds is 29. The van der Waals surface area contributed by atoms with E-state index >= 15 is 0 Å². The van der Waals surface area contributed by atoms with Gasteiger partial charge in [0.15, 0.2) is 0 Å². The number of unbranched alkanes of at least 4 members (excludes halogenated alkanes) is 1. The Morgan fingerprint density at radius 3 is 1.20 bits per heavy atom. The number of aliphatic carboxylic acids is 2. The zero-order chi connectivity index (χ0) is 86.2. The summed E-state index contributed by atoms with van der Waals surface area (Å²) in [6, 6.07) is 60.0. The standard InChI is InChI=1S/C26H32N2OS.C23H23FN2O3S.C23H22N2O3S.C23H26N2OS.2CH2O2/c1-4-5-7-21-16-22(8-9-23(21)18-28-14-6-15-28)26-27-17-25(30-26)20-10-12-24(13-11-20)29-19(2)3;1-14(2)29-18-6-4-16(5-7-18)21-10-25-22(30-21)19-8-3-15(9-20(19)24)11-26-12-17(13-26)23(27)28;26-23(27)18-13-25(14-18)12-15-1-3-17(4-2-15)22-24-11-21(29-22)16-5-7-19(8-6-16)28-20-9-10-20;1-16(2)26-20-8-6-19(7-9-20)22-14-24-23(27-22)21-10-5-18(13-17(21)3)15-25-11-4-12-25;2*2-1-3/h8-13,16-17,19H,4-7,14-15,18H2,1-3H3;3-10,14,17H,11-13H2,1-2H3,(H,27,28);1-8,11,18,20H,9-10,12-14H2,(H,26,27);5-10,13-14,16H,4,11-12,15H2,1-3H3;2*1H,(H,2,3). The van der Waals surface area contributed by atoms with Gasteiger partial charge in [0.05, 0.1) is 55.8 Å². The third-order valence-electron chi connectivity index (χ3n) is 20.9. The van der Waals surface area contributed by atoms with Gasteiger partial charge in [0.1, 0.15) is 48.8 Å². The fourth-order valence-corrected chi connectivity index (χ4v) is 17.9. The molecule has 0 bridgehead atoms. The fraction of sp³-hybridized carbons (Fsp3) is 0.340. The molecule has 1 saturated carbocycles. The van der Waals surface area contributed by atoms with Crippen molar-refractivity contribution in [3.05, 3.63) is 240 Å². The number of carbonyl (C=O) groups is 4. The van der Waals surface area contributed by atoms with Crippen LogP contribution < -0.4 is 18.9 Å². The van der Waals surface area contributed by atoms with Crippen LogP contribution in [0.25, 0.3) is 84.0 Å². The Morgan fingerprint density at radius 1 is 0.443 bits per heavy atom. The number of aryl methyl sites for hydroxylation is 2. The second-order valence-corrected chi connectivity index (χ2v) is 35.8. The topological polar surface area (TPSA) is 251 Å². The normalized spacial score (nSPS) is 14.5. The predicted octanol–water partition coefficient (Wildman–Crippen LogP) is 21.4. The van der Waals surface area contributed by atoms with Gasteiger partial charge in [0, 0.05) is 99.4 Å². The first kappa shape index (κ1) is 90.4. The Labute approximate surface area is 729 Å². The number of carboxylic acids is 2. The van der Waals surface area contributed by atoms with Crippen molar-refractivity contribution in [2.45, 2.75) is 151 Å². The molecule has 0 spiro atoms. The van der Waals surface area contributed by atoms with Crippen LogP contribution in [0.5, 0.6) is 23.0 Å². The highest BCUT2D eigenvalue weighted by Gasteiger charge is 2.34. The Morgan fingerprint density at radius 2 is 0.803 bits per heavy atom. The summed E-state index contributed by atoms with van der Waals surface area (Å²) in [6.07, 6.45) is 17.2. The molecule has 5 fully saturated rings. The number of nitrogens with zero attached hydrogens (tertiary/aromatic N) is 8. The van der Waals surface area contributed by atoms with E-state index in [1.54, 1.807) is 46.3 Å². The van der Waals surface area contributed by atoms with E-state index < -0.39 is 11.9 Å². The SMILES string of the molecule is CC(C)Oc1ccc(-c2cnc(-c3ccc(CN4CC(C(=O)O)C4)cc3F)s2)cc1.CCCCc1cc(-c2ncc(-c3ccc(OC(C)C)cc3)s2)ccc1CN1CCC1.Cc1cc(CN2CCC2)ccc1-c1ncc(-c2ccc(OC(C)C)cc2)s1.O=C(O)C1CN(Cc2ccc(-c3ncc(-c4ccc(OC5CC5)cc4)s3)cc2)C1.O=CO.O=CO. The number of hydrogen-bond acceptors (Lipinski definition) is 20. The lowest BCUT2D eigenvalue weighted by molar-refractivity contribution is -0.148. The molecule has 8 heterocycles. The van der Waals surface area contributed by atoms with Crippen LogP contribution in [-0.4, -0.2) is 162 Å². The van der Waals surface area contributed by atoms with Crippen molar-refractivity contribution >= 4 is 70.2 Å². The molecule has 638 valence electrons. The number of aromatic nitrogens is 4. The second-order valence-electron chi connectivity index (χ2n) is 31.7. The van der Waals surface area contributed by atoms with Crippen LogP contribution in [0.2, 0.25) is 0 Å². The van der Waals surface area contributed by atoms with E-state index in [-0.39, 0.29) is 48.9 Å². The van der Waals surface area contributed by atoms with Crippen LogP contribution in [0.4, 0.5) is 4.39 Å². The molecule has 4 aliphatic heterocycles. The number of carboxylic acid groups (broad SMARTS) is 4. The van der Waals surface area contributed by atoms with Gasteiger partial charge in [-0.2, -0.15) is 0 Å². The predicted molar refractivity (Wildman–Crippen MR) is 486 cm³/mol. The molecule has 0 atom stereocenters. The summed E-state index contributed by atoms with van der Waals surface area (Å²) in [5.74, 6) is 1.28. The third-order valence-corrected chi connectivity index (χ3v) is 25.2. The first-order chi connectivity index (χ1) is 59.0. The molecule has 5 aliphatic rings. The van der Waals surface area contributed by atoms with E-state index in [0.717, 1.165) is 96.1 Å². The number of benzene rings is 8. The average Bonchev–Trinajstić information content (AvgIpc) is 1.61. The largest absolute Gasteiger partial charge is 0.491 e. The molecule has 122 heavy (non-hydrogen) atoms. The summed E-state index contributed by atoms with van der Waals surface area (Å²) < 4.78 is 37.7. The summed E-state index contributed by atoms with van der Waals surface area (Å²) in [7, 11) is 0. The highest BCUT2D eigenvalue weighted by atomic mass is 32.1. The Hall–Kier alpha value is -10.9. The minimum absolute atomic E-state index is 0.122. The first-order valence-electron chi connectivity index (χ1n) is 41.6. The molecular formula is C97H107FN8O12S4. The summed E-state index contributed by atoms with van der Waals surface area (Å²) in [6.45, 7) is 26.9. The number of likely N-dealkylation sites (tertiary alicyclic amines) is 4. The van der Waals surface area contributed by atoms with Crippen LogP contribution in [0.15, 0.2) is 201 Å². The number of thiazole rings is 4. The number of hydrogen-bond donors (Lipinski definition) is 4. The van der Waals surface area contributed by atoms with Gasteiger partial charge in [0.2, 0.25) is 0 Å². The molecule has 4 aromatic heterocycles. The lowest BCUT2D eigenvalue weighted by Gasteiger charge is -2.36.